The SMILES string of the molecule is N=C(N)c1c(Cl)cccc1Oc1ccc(F)cc1[N+](=O)[O-]. The summed E-state index contributed by atoms with van der Waals surface area (Å²) < 4.78 is 18.5. The Bertz CT molecular complexity index is 737. The maximum atomic E-state index is 13.1. The molecule has 8 heteroatoms. The second-order valence-electron chi connectivity index (χ2n) is 4.00. The number of ether oxygens (including phenoxy) is 1. The number of rotatable bonds is 4. The predicted molar refractivity (Wildman–Crippen MR) is 75.6 cm³/mol. The fraction of sp³-hybridized carbons (Fsp3) is 0. The third kappa shape index (κ3) is 3.09. The first-order chi connectivity index (χ1) is 9.90. The van der Waals surface area contributed by atoms with Crippen LogP contribution in [0.3, 0.4) is 0 Å². The number of halogens is 2. The molecule has 2 aromatic rings. The minimum atomic E-state index is -0.767. The number of nitrogen functional groups attached to an aromatic ring is 1. The van der Waals surface area contributed by atoms with E-state index in [0.29, 0.717) is 0 Å². The van der Waals surface area contributed by atoms with Crippen molar-refractivity contribution < 1.29 is 14.1 Å². The Morgan fingerprint density at radius 2 is 2.05 bits per heavy atom. The van der Waals surface area contributed by atoms with Crippen LogP contribution in [0.4, 0.5) is 10.1 Å². The quantitative estimate of drug-likeness (QED) is 0.390. The second kappa shape index (κ2) is 5.76. The molecule has 0 heterocycles. The minimum absolute atomic E-state index is 0.0738. The van der Waals surface area contributed by atoms with E-state index in [0.717, 1.165) is 18.2 Å². The maximum absolute atomic E-state index is 13.1. The van der Waals surface area contributed by atoms with Crippen molar-refractivity contribution in [1.29, 1.82) is 5.41 Å². The fourth-order valence-corrected chi connectivity index (χ4v) is 1.96. The van der Waals surface area contributed by atoms with Crippen LogP contribution in [-0.4, -0.2) is 10.8 Å². The van der Waals surface area contributed by atoms with Crippen LogP contribution in [0.2, 0.25) is 5.02 Å². The average Bonchev–Trinajstić information content (AvgIpc) is 2.40. The summed E-state index contributed by atoms with van der Waals surface area (Å²) >= 11 is 5.92. The average molecular weight is 310 g/mol. The van der Waals surface area contributed by atoms with E-state index in [1.807, 2.05) is 0 Å². The zero-order valence-corrected chi connectivity index (χ0v) is 11.2. The highest BCUT2D eigenvalue weighted by molar-refractivity contribution is 6.34. The van der Waals surface area contributed by atoms with Gasteiger partial charge in [-0.1, -0.05) is 17.7 Å². The molecule has 0 aliphatic rings. The first kappa shape index (κ1) is 14.7. The summed E-state index contributed by atoms with van der Waals surface area (Å²) in [6.07, 6.45) is 0. The van der Waals surface area contributed by atoms with Gasteiger partial charge in [-0.3, -0.25) is 15.5 Å². The number of hydrogen-bond acceptors (Lipinski definition) is 4. The van der Waals surface area contributed by atoms with Gasteiger partial charge in [0.25, 0.3) is 0 Å². The Morgan fingerprint density at radius 3 is 2.67 bits per heavy atom. The summed E-state index contributed by atoms with van der Waals surface area (Å²) in [5.74, 6) is -1.21. The van der Waals surface area contributed by atoms with E-state index in [1.54, 1.807) is 6.07 Å². The van der Waals surface area contributed by atoms with Gasteiger partial charge in [0.1, 0.15) is 17.4 Å². The summed E-state index contributed by atoms with van der Waals surface area (Å²) in [5, 5.41) is 18.6. The van der Waals surface area contributed by atoms with Gasteiger partial charge < -0.3 is 10.5 Å². The predicted octanol–water partition coefficient (Wildman–Crippen LogP) is 3.46. The third-order valence-corrected chi connectivity index (χ3v) is 2.90. The van der Waals surface area contributed by atoms with E-state index >= 15 is 0 Å². The number of nitrogens with zero attached hydrogens (tertiary/aromatic N) is 1. The minimum Gasteiger partial charge on any atom is -0.449 e. The van der Waals surface area contributed by atoms with Crippen LogP contribution in [0.15, 0.2) is 36.4 Å². The van der Waals surface area contributed by atoms with Crippen molar-refractivity contribution in [2.24, 2.45) is 5.73 Å². The van der Waals surface area contributed by atoms with Gasteiger partial charge in [-0.15, -0.1) is 0 Å². The van der Waals surface area contributed by atoms with Gasteiger partial charge in [-0.05, 0) is 24.3 Å². The topological polar surface area (TPSA) is 102 Å². The van der Waals surface area contributed by atoms with Crippen LogP contribution in [0.5, 0.6) is 11.5 Å². The number of hydrogen-bond donors (Lipinski definition) is 2. The van der Waals surface area contributed by atoms with Crippen LogP contribution in [0.25, 0.3) is 0 Å². The smallest absolute Gasteiger partial charge is 0.314 e. The number of amidine groups is 1. The molecule has 2 rings (SSSR count). The van der Waals surface area contributed by atoms with E-state index < -0.39 is 16.4 Å². The molecule has 0 unspecified atom stereocenters. The lowest BCUT2D eigenvalue weighted by atomic mass is 10.2. The number of nitrogens with one attached hydrogen (secondary N) is 1. The molecule has 0 aliphatic carbocycles. The Morgan fingerprint density at radius 1 is 1.33 bits per heavy atom. The molecule has 6 nitrogen and oxygen atoms in total. The molecule has 0 aliphatic heterocycles. The van der Waals surface area contributed by atoms with Crippen LogP contribution < -0.4 is 10.5 Å². The molecular weight excluding hydrogens is 301 g/mol. The van der Waals surface area contributed by atoms with E-state index in [9.17, 15) is 14.5 Å². The fourth-order valence-electron chi connectivity index (χ4n) is 1.69. The van der Waals surface area contributed by atoms with Crippen LogP contribution in [-0.2, 0) is 0 Å². The molecule has 0 bridgehead atoms. The monoisotopic (exact) mass is 309 g/mol. The summed E-state index contributed by atoms with van der Waals surface area (Å²) in [4.78, 5) is 10.1. The number of benzene rings is 2. The highest BCUT2D eigenvalue weighted by Crippen LogP contribution is 2.35. The normalized spacial score (nSPS) is 10.2. The second-order valence-corrected chi connectivity index (χ2v) is 4.41. The van der Waals surface area contributed by atoms with Gasteiger partial charge in [-0.25, -0.2) is 4.39 Å². The van der Waals surface area contributed by atoms with Crippen LogP contribution in [0.1, 0.15) is 5.56 Å². The molecule has 0 spiro atoms. The van der Waals surface area contributed by atoms with Gasteiger partial charge >= 0.3 is 5.69 Å². The Balaban J connectivity index is 2.51. The zero-order chi connectivity index (χ0) is 15.6. The number of nitrogens with two attached hydrogens (primary N) is 1. The summed E-state index contributed by atoms with van der Waals surface area (Å²) in [7, 11) is 0. The Kier molecular flexibility index (Phi) is 4.04. The van der Waals surface area contributed by atoms with Gasteiger partial charge in [0.15, 0.2) is 0 Å². The van der Waals surface area contributed by atoms with Crippen molar-refractivity contribution in [3.63, 3.8) is 0 Å². The standard InChI is InChI=1S/C13H9ClFN3O3/c14-8-2-1-3-11(12(8)13(16)17)21-10-5-4-7(15)6-9(10)18(19)20/h1-6H,(H3,16,17). The molecule has 0 saturated heterocycles. The van der Waals surface area contributed by atoms with Crippen molar-refractivity contribution in [2.75, 3.05) is 0 Å². The lowest BCUT2D eigenvalue weighted by Crippen LogP contribution is -2.13. The highest BCUT2D eigenvalue weighted by Gasteiger charge is 2.19. The molecule has 0 radical (unpaired) electrons. The molecule has 2 aromatic carbocycles. The summed E-state index contributed by atoms with van der Waals surface area (Å²) in [6, 6.07) is 7.39. The van der Waals surface area contributed by atoms with Gasteiger partial charge in [0.2, 0.25) is 5.75 Å². The van der Waals surface area contributed by atoms with Gasteiger partial charge in [0, 0.05) is 0 Å². The van der Waals surface area contributed by atoms with E-state index in [2.05, 4.69) is 0 Å². The van der Waals surface area contributed by atoms with Crippen molar-refractivity contribution in [3.05, 3.63) is 62.9 Å². The third-order valence-electron chi connectivity index (χ3n) is 2.58. The van der Waals surface area contributed by atoms with Gasteiger partial charge in [-0.2, -0.15) is 0 Å². The molecule has 0 aromatic heterocycles. The van der Waals surface area contributed by atoms with Crippen molar-refractivity contribution in [1.82, 2.24) is 0 Å². The Hall–Kier alpha value is -2.67. The van der Waals surface area contributed by atoms with E-state index in [-0.39, 0.29) is 27.9 Å². The molecule has 108 valence electrons. The Labute approximate surface area is 123 Å². The molecule has 0 fully saturated rings. The zero-order valence-electron chi connectivity index (χ0n) is 10.5. The maximum Gasteiger partial charge on any atom is 0.314 e. The lowest BCUT2D eigenvalue weighted by Gasteiger charge is -2.11. The first-order valence-electron chi connectivity index (χ1n) is 5.65. The van der Waals surface area contributed by atoms with Crippen molar-refractivity contribution in [2.45, 2.75) is 0 Å². The van der Waals surface area contributed by atoms with Crippen molar-refractivity contribution >= 4 is 23.1 Å². The number of nitro benzene ring substituents is 1. The molecule has 0 amide bonds. The number of nitro groups is 1. The highest BCUT2D eigenvalue weighted by atomic mass is 35.5. The first-order valence-corrected chi connectivity index (χ1v) is 6.02. The molecule has 0 atom stereocenters. The summed E-state index contributed by atoms with van der Waals surface area (Å²) in [6.45, 7) is 0. The molecule has 21 heavy (non-hydrogen) atoms. The van der Waals surface area contributed by atoms with Crippen LogP contribution >= 0.6 is 11.6 Å². The molecular formula is C13H9ClFN3O3. The van der Waals surface area contributed by atoms with Gasteiger partial charge in [0.05, 0.1) is 21.6 Å². The largest absolute Gasteiger partial charge is 0.449 e. The summed E-state index contributed by atoms with van der Waals surface area (Å²) in [5.41, 5.74) is 4.99. The van der Waals surface area contributed by atoms with Crippen molar-refractivity contribution in [3.8, 4) is 11.5 Å². The van der Waals surface area contributed by atoms with Crippen LogP contribution in [0, 0.1) is 21.3 Å². The molecule has 0 saturated carbocycles. The lowest BCUT2D eigenvalue weighted by molar-refractivity contribution is -0.385. The van der Waals surface area contributed by atoms with E-state index in [4.69, 9.17) is 27.5 Å². The molecule has 3 N–H and O–H groups in total. The van der Waals surface area contributed by atoms with E-state index in [1.165, 1.54) is 12.1 Å².